The van der Waals surface area contributed by atoms with Gasteiger partial charge in [0.2, 0.25) is 21.8 Å². The van der Waals surface area contributed by atoms with Crippen molar-refractivity contribution < 1.29 is 28.1 Å². The molecule has 4 N–H and O–H groups in total. The quantitative estimate of drug-likeness (QED) is 0.394. The third kappa shape index (κ3) is 5.21. The highest BCUT2D eigenvalue weighted by molar-refractivity contribution is 7.88. The Labute approximate surface area is 178 Å². The first kappa shape index (κ1) is 24.3. The summed E-state index contributed by atoms with van der Waals surface area (Å²) in [5, 5.41) is 21.6. The molecule has 30 heavy (non-hydrogen) atoms. The number of hydrogen-bond acceptors (Lipinski definition) is 6. The number of amides is 2. The number of sulfonamides is 1. The topological polar surface area (TPSA) is 136 Å². The summed E-state index contributed by atoms with van der Waals surface area (Å²) >= 11 is 0. The van der Waals surface area contributed by atoms with Gasteiger partial charge in [0.15, 0.2) is 0 Å². The number of carbonyl (C=O) groups is 2. The highest BCUT2D eigenvalue weighted by Crippen LogP contribution is 2.36. The van der Waals surface area contributed by atoms with E-state index in [0.29, 0.717) is 5.56 Å². The predicted octanol–water partition coefficient (Wildman–Crippen LogP) is -0.189. The van der Waals surface area contributed by atoms with Crippen molar-refractivity contribution in [2.75, 3.05) is 12.8 Å². The summed E-state index contributed by atoms with van der Waals surface area (Å²) in [7, 11) is -5.42. The summed E-state index contributed by atoms with van der Waals surface area (Å²) < 4.78 is 26.4. The fourth-order valence-corrected chi connectivity index (χ4v) is 4.93. The molecular formula is C19H30BN3O6S. The number of hydrogen-bond donors (Lipinski definition) is 4. The Balaban J connectivity index is 2.45. The molecule has 2 amide bonds. The van der Waals surface area contributed by atoms with Crippen LogP contribution in [0.4, 0.5) is 0 Å². The van der Waals surface area contributed by atoms with Gasteiger partial charge in [-0.15, -0.1) is 0 Å². The number of nitrogens with zero attached hydrogens (tertiary/aromatic N) is 1. The number of carbonyl (C=O) groups excluding carboxylic acids is 2. The molecular weight excluding hydrogens is 409 g/mol. The summed E-state index contributed by atoms with van der Waals surface area (Å²) in [6.45, 7) is 5.38. The van der Waals surface area contributed by atoms with Gasteiger partial charge in [-0.25, -0.2) is 8.42 Å². The summed E-state index contributed by atoms with van der Waals surface area (Å²) in [5.74, 6) is -2.28. The molecule has 1 aromatic carbocycles. The van der Waals surface area contributed by atoms with Crippen LogP contribution in [0.25, 0.3) is 0 Å². The van der Waals surface area contributed by atoms with Crippen LogP contribution in [-0.2, 0) is 19.6 Å². The lowest BCUT2D eigenvalue weighted by atomic mass is 9.77. The normalized spacial score (nSPS) is 21.6. The molecule has 1 aliphatic heterocycles. The second-order valence-electron chi connectivity index (χ2n) is 8.00. The van der Waals surface area contributed by atoms with Crippen LogP contribution in [0.5, 0.6) is 0 Å². The van der Waals surface area contributed by atoms with Gasteiger partial charge in [-0.3, -0.25) is 9.59 Å². The second-order valence-corrected chi connectivity index (χ2v) is 9.75. The molecule has 0 bridgehead atoms. The molecule has 2 unspecified atom stereocenters. The number of likely N-dealkylation sites (tertiary alicyclic amines) is 1. The van der Waals surface area contributed by atoms with Crippen molar-refractivity contribution in [2.45, 2.75) is 51.1 Å². The van der Waals surface area contributed by atoms with Crippen LogP contribution >= 0.6 is 0 Å². The maximum absolute atomic E-state index is 13.5. The van der Waals surface area contributed by atoms with Crippen LogP contribution in [0, 0.1) is 5.92 Å². The zero-order valence-corrected chi connectivity index (χ0v) is 18.5. The van der Waals surface area contributed by atoms with Gasteiger partial charge in [0.05, 0.1) is 12.2 Å². The van der Waals surface area contributed by atoms with Crippen LogP contribution in [0.15, 0.2) is 30.3 Å². The van der Waals surface area contributed by atoms with Gasteiger partial charge < -0.3 is 20.3 Å². The molecule has 1 heterocycles. The van der Waals surface area contributed by atoms with E-state index in [9.17, 15) is 28.1 Å². The minimum atomic E-state index is -3.68. The Morgan fingerprint density at radius 2 is 1.87 bits per heavy atom. The molecule has 0 aromatic heterocycles. The maximum Gasteiger partial charge on any atom is 0.475 e. The minimum absolute atomic E-state index is 0.172. The Kier molecular flexibility index (Phi) is 7.67. The third-order valence-electron chi connectivity index (χ3n) is 5.55. The zero-order chi connectivity index (χ0) is 22.7. The van der Waals surface area contributed by atoms with E-state index >= 15 is 0 Å². The predicted molar refractivity (Wildman–Crippen MR) is 113 cm³/mol. The molecule has 0 spiro atoms. The lowest BCUT2D eigenvalue weighted by Crippen LogP contribution is -2.58. The van der Waals surface area contributed by atoms with Gasteiger partial charge >= 0.3 is 7.12 Å². The van der Waals surface area contributed by atoms with Crippen molar-refractivity contribution in [1.82, 2.24) is 14.9 Å². The minimum Gasteiger partial charge on any atom is -0.426 e. The van der Waals surface area contributed by atoms with Crippen LogP contribution in [0.2, 0.25) is 0 Å². The van der Waals surface area contributed by atoms with Gasteiger partial charge in [-0.1, -0.05) is 51.1 Å². The van der Waals surface area contributed by atoms with Gasteiger partial charge in [0, 0.05) is 6.54 Å². The monoisotopic (exact) mass is 439 g/mol. The number of benzene rings is 1. The fraction of sp³-hybridized carbons (Fsp3) is 0.579. The van der Waals surface area contributed by atoms with Crippen molar-refractivity contribution in [3.05, 3.63) is 35.9 Å². The first-order valence-corrected chi connectivity index (χ1v) is 11.8. The smallest absolute Gasteiger partial charge is 0.426 e. The molecule has 1 aliphatic rings. The Morgan fingerprint density at radius 3 is 2.33 bits per heavy atom. The van der Waals surface area contributed by atoms with Gasteiger partial charge in [0.1, 0.15) is 11.6 Å². The molecule has 1 fully saturated rings. The standard InChI is InChI=1S/C19H30BN3O6S/c1-5-15(20(26)27)21-17(24)16(14-9-7-6-8-10-14)23-12-11-19(13(2)3,18(23)25)22-30(4,28)29/h6-10,13,15-16,22,26-27H,5,11-12H2,1-4H3,(H,21,24)/t15?,16-,19?/m0/s1. The van der Waals surface area contributed by atoms with Crippen LogP contribution in [0.1, 0.15) is 45.2 Å². The van der Waals surface area contributed by atoms with Crippen molar-refractivity contribution in [3.63, 3.8) is 0 Å². The zero-order valence-electron chi connectivity index (χ0n) is 17.7. The molecule has 3 atom stereocenters. The summed E-state index contributed by atoms with van der Waals surface area (Å²) in [5.41, 5.74) is -0.800. The van der Waals surface area contributed by atoms with Crippen molar-refractivity contribution >= 4 is 29.0 Å². The van der Waals surface area contributed by atoms with E-state index < -0.39 is 46.5 Å². The van der Waals surface area contributed by atoms with Crippen LogP contribution in [0.3, 0.4) is 0 Å². The molecule has 0 aliphatic carbocycles. The lowest BCUT2D eigenvalue weighted by Gasteiger charge is -2.34. The Bertz CT molecular complexity index is 864. The van der Waals surface area contributed by atoms with E-state index in [2.05, 4.69) is 10.0 Å². The van der Waals surface area contributed by atoms with Crippen molar-refractivity contribution in [3.8, 4) is 0 Å². The van der Waals surface area contributed by atoms with Crippen LogP contribution in [-0.4, -0.2) is 66.6 Å². The van der Waals surface area contributed by atoms with E-state index in [1.54, 1.807) is 51.1 Å². The van der Waals surface area contributed by atoms with E-state index in [1.165, 1.54) is 4.90 Å². The molecule has 0 radical (unpaired) electrons. The molecule has 1 aromatic rings. The molecule has 11 heteroatoms. The van der Waals surface area contributed by atoms with Gasteiger partial charge in [-0.2, -0.15) is 4.72 Å². The molecule has 2 rings (SSSR count). The number of rotatable bonds is 9. The first-order valence-electron chi connectivity index (χ1n) is 9.94. The Hall–Kier alpha value is -1.95. The number of nitrogens with one attached hydrogen (secondary N) is 2. The highest BCUT2D eigenvalue weighted by atomic mass is 32.2. The lowest BCUT2D eigenvalue weighted by molar-refractivity contribution is -0.141. The van der Waals surface area contributed by atoms with E-state index in [1.807, 2.05) is 0 Å². The SMILES string of the molecule is CCC(NC(=O)[C@H](c1ccccc1)N1CCC(NS(C)(=O)=O)(C(C)C)C1=O)B(O)O. The van der Waals surface area contributed by atoms with Gasteiger partial charge in [-0.05, 0) is 24.3 Å². The highest BCUT2D eigenvalue weighted by Gasteiger charge is 2.53. The van der Waals surface area contributed by atoms with Crippen LogP contribution < -0.4 is 10.0 Å². The molecule has 9 nitrogen and oxygen atoms in total. The fourth-order valence-electron chi connectivity index (χ4n) is 3.84. The summed E-state index contributed by atoms with van der Waals surface area (Å²) in [6.07, 6.45) is 1.50. The Morgan fingerprint density at radius 1 is 1.27 bits per heavy atom. The van der Waals surface area contributed by atoms with E-state index in [0.717, 1.165) is 6.26 Å². The first-order chi connectivity index (χ1) is 13.9. The van der Waals surface area contributed by atoms with E-state index in [4.69, 9.17) is 0 Å². The third-order valence-corrected chi connectivity index (χ3v) is 6.28. The molecule has 166 valence electrons. The average Bonchev–Trinajstić information content (AvgIpc) is 2.97. The summed E-state index contributed by atoms with van der Waals surface area (Å²) in [6, 6.07) is 7.62. The maximum atomic E-state index is 13.5. The van der Waals surface area contributed by atoms with Crippen molar-refractivity contribution in [1.29, 1.82) is 0 Å². The van der Waals surface area contributed by atoms with Gasteiger partial charge in [0.25, 0.3) is 0 Å². The second kappa shape index (κ2) is 9.46. The molecule has 0 saturated carbocycles. The average molecular weight is 439 g/mol. The largest absolute Gasteiger partial charge is 0.475 e. The summed E-state index contributed by atoms with van der Waals surface area (Å²) in [4.78, 5) is 28.0. The van der Waals surface area contributed by atoms with E-state index in [-0.39, 0.29) is 25.3 Å². The molecule has 1 saturated heterocycles. The van der Waals surface area contributed by atoms with Crippen molar-refractivity contribution in [2.24, 2.45) is 5.92 Å².